The molecule has 3 nitrogen and oxygen atoms in total. The molecule has 1 heterocycles. The first-order chi connectivity index (χ1) is 14.2. The van der Waals surface area contributed by atoms with E-state index in [9.17, 15) is 4.39 Å². The number of nitrogens with zero attached hydrogens (tertiary/aromatic N) is 2. The Hall–Kier alpha value is -2.69. The van der Waals surface area contributed by atoms with Gasteiger partial charge in [0.1, 0.15) is 11.6 Å². The number of para-hydroxylation sites is 1. The number of rotatable bonds is 6. The van der Waals surface area contributed by atoms with Crippen LogP contribution in [0.25, 0.3) is 0 Å². The first-order valence-corrected chi connectivity index (χ1v) is 10.1. The summed E-state index contributed by atoms with van der Waals surface area (Å²) in [5.41, 5.74) is 4.46. The lowest BCUT2D eigenvalue weighted by atomic mass is 10.1. The minimum Gasteiger partial charge on any atom is -0.496 e. The average Bonchev–Trinajstić information content (AvgIpc) is 3.13. The summed E-state index contributed by atoms with van der Waals surface area (Å²) in [7, 11) is 1.71. The second-order valence-electron chi connectivity index (χ2n) is 7.57. The third kappa shape index (κ3) is 4.19. The first-order valence-electron chi connectivity index (χ1n) is 10.1. The molecular formula is C25H27FN2O. The number of ether oxygens (including phenoxy) is 1. The zero-order valence-corrected chi connectivity index (χ0v) is 17.0. The zero-order valence-electron chi connectivity index (χ0n) is 17.0. The smallest absolute Gasteiger partial charge is 0.127 e. The van der Waals surface area contributed by atoms with Crippen LogP contribution < -0.4 is 4.74 Å². The molecule has 0 unspecified atom stereocenters. The highest BCUT2D eigenvalue weighted by Gasteiger charge is 2.35. The third-order valence-corrected chi connectivity index (χ3v) is 5.75. The Bertz CT molecular complexity index is 919. The maximum absolute atomic E-state index is 14.3. The van der Waals surface area contributed by atoms with Crippen molar-refractivity contribution in [1.29, 1.82) is 0 Å². The molecule has 0 bridgehead atoms. The highest BCUT2D eigenvalue weighted by molar-refractivity contribution is 5.37. The highest BCUT2D eigenvalue weighted by Crippen LogP contribution is 2.37. The Morgan fingerprint density at radius 1 is 0.828 bits per heavy atom. The number of hydrogen-bond acceptors (Lipinski definition) is 3. The Morgan fingerprint density at radius 3 is 2.10 bits per heavy atom. The van der Waals surface area contributed by atoms with Crippen LogP contribution in [0.15, 0.2) is 72.8 Å². The second-order valence-corrected chi connectivity index (χ2v) is 7.57. The Morgan fingerprint density at radius 2 is 1.41 bits per heavy atom. The number of methoxy groups -OCH3 is 1. The number of hydrogen-bond donors (Lipinski definition) is 0. The Labute approximate surface area is 172 Å². The summed E-state index contributed by atoms with van der Waals surface area (Å²) in [5, 5.41) is 0. The van der Waals surface area contributed by atoms with E-state index in [1.54, 1.807) is 13.2 Å². The molecule has 29 heavy (non-hydrogen) atoms. The molecule has 1 atom stereocenters. The number of aryl methyl sites for hydroxylation is 1. The van der Waals surface area contributed by atoms with Crippen molar-refractivity contribution >= 4 is 0 Å². The van der Waals surface area contributed by atoms with Crippen molar-refractivity contribution in [3.63, 3.8) is 0 Å². The minimum absolute atomic E-state index is 0.0327. The molecule has 4 heteroatoms. The molecule has 1 saturated heterocycles. The van der Waals surface area contributed by atoms with E-state index in [1.807, 2.05) is 30.3 Å². The van der Waals surface area contributed by atoms with Gasteiger partial charge in [0, 0.05) is 37.3 Å². The van der Waals surface area contributed by atoms with Crippen LogP contribution in [0, 0.1) is 12.7 Å². The maximum Gasteiger partial charge on any atom is 0.127 e. The molecule has 0 amide bonds. The molecule has 4 rings (SSSR count). The van der Waals surface area contributed by atoms with Crippen molar-refractivity contribution in [2.45, 2.75) is 26.2 Å². The fourth-order valence-corrected chi connectivity index (χ4v) is 4.19. The minimum atomic E-state index is -0.149. The molecule has 0 saturated carbocycles. The van der Waals surface area contributed by atoms with Crippen molar-refractivity contribution in [1.82, 2.24) is 9.80 Å². The first kappa shape index (κ1) is 19.6. The SMILES string of the molecule is COc1ccccc1[C@@H]1N(Cc2ccccc2C)CCN1Cc1ccccc1F. The number of benzene rings is 3. The lowest BCUT2D eigenvalue weighted by Gasteiger charge is -2.32. The van der Waals surface area contributed by atoms with Crippen LogP contribution in [0.1, 0.15) is 28.4 Å². The largest absolute Gasteiger partial charge is 0.496 e. The van der Waals surface area contributed by atoms with Gasteiger partial charge in [0.05, 0.1) is 13.3 Å². The summed E-state index contributed by atoms with van der Waals surface area (Å²) >= 11 is 0. The van der Waals surface area contributed by atoms with Crippen LogP contribution >= 0.6 is 0 Å². The van der Waals surface area contributed by atoms with Crippen molar-refractivity contribution in [2.24, 2.45) is 0 Å². The molecule has 0 spiro atoms. The monoisotopic (exact) mass is 390 g/mol. The standard InChI is InChI=1S/C25H27FN2O/c1-19-9-3-4-10-20(19)17-27-15-16-28(18-21-11-5-7-13-23(21)26)25(27)22-12-6-8-14-24(22)29-2/h3-14,25H,15-18H2,1-2H3/t25-/m1/s1. The fraction of sp³-hybridized carbons (Fsp3) is 0.280. The van der Waals surface area contributed by atoms with Crippen LogP contribution in [0.5, 0.6) is 5.75 Å². The topological polar surface area (TPSA) is 15.7 Å². The molecule has 1 aliphatic heterocycles. The van der Waals surface area contributed by atoms with E-state index in [2.05, 4.69) is 47.1 Å². The fourth-order valence-electron chi connectivity index (χ4n) is 4.19. The van der Waals surface area contributed by atoms with Gasteiger partial charge in [-0.3, -0.25) is 9.80 Å². The van der Waals surface area contributed by atoms with Crippen molar-refractivity contribution in [3.05, 3.63) is 101 Å². The van der Waals surface area contributed by atoms with E-state index in [-0.39, 0.29) is 12.0 Å². The molecule has 1 aliphatic rings. The molecule has 0 N–H and O–H groups in total. The van der Waals surface area contributed by atoms with Crippen LogP contribution in [0.3, 0.4) is 0 Å². The van der Waals surface area contributed by atoms with Crippen LogP contribution in [0.2, 0.25) is 0 Å². The summed E-state index contributed by atoms with van der Waals surface area (Å²) in [4.78, 5) is 4.80. The van der Waals surface area contributed by atoms with Crippen molar-refractivity contribution in [3.8, 4) is 5.75 Å². The second kappa shape index (κ2) is 8.76. The lowest BCUT2D eigenvalue weighted by Crippen LogP contribution is -2.31. The summed E-state index contributed by atoms with van der Waals surface area (Å²) in [6.45, 7) is 5.37. The predicted molar refractivity (Wildman–Crippen MR) is 114 cm³/mol. The Kier molecular flexibility index (Phi) is 5.93. The maximum atomic E-state index is 14.3. The third-order valence-electron chi connectivity index (χ3n) is 5.75. The summed E-state index contributed by atoms with van der Waals surface area (Å²) < 4.78 is 20.0. The van der Waals surface area contributed by atoms with E-state index in [0.717, 1.165) is 36.5 Å². The lowest BCUT2D eigenvalue weighted by molar-refractivity contribution is 0.121. The van der Waals surface area contributed by atoms with Gasteiger partial charge in [-0.05, 0) is 30.2 Å². The van der Waals surface area contributed by atoms with E-state index in [0.29, 0.717) is 6.54 Å². The summed E-state index contributed by atoms with van der Waals surface area (Å²) in [5.74, 6) is 0.719. The van der Waals surface area contributed by atoms with E-state index in [4.69, 9.17) is 4.74 Å². The molecule has 0 radical (unpaired) electrons. The van der Waals surface area contributed by atoms with Gasteiger partial charge in [0.2, 0.25) is 0 Å². The quantitative estimate of drug-likeness (QED) is 0.578. The number of halogens is 1. The van der Waals surface area contributed by atoms with Crippen LogP contribution in [-0.4, -0.2) is 30.0 Å². The average molecular weight is 391 g/mol. The molecule has 0 aliphatic carbocycles. The van der Waals surface area contributed by atoms with E-state index in [1.165, 1.54) is 17.2 Å². The summed E-state index contributed by atoms with van der Waals surface area (Å²) in [6, 6.07) is 23.7. The Balaban J connectivity index is 1.68. The molecule has 3 aromatic carbocycles. The molecule has 150 valence electrons. The molecule has 3 aromatic rings. The predicted octanol–water partition coefficient (Wildman–Crippen LogP) is 5.16. The van der Waals surface area contributed by atoms with Gasteiger partial charge in [0.15, 0.2) is 0 Å². The van der Waals surface area contributed by atoms with Gasteiger partial charge in [-0.15, -0.1) is 0 Å². The van der Waals surface area contributed by atoms with Crippen molar-refractivity contribution in [2.75, 3.05) is 20.2 Å². The molecule has 1 fully saturated rings. The highest BCUT2D eigenvalue weighted by atomic mass is 19.1. The van der Waals surface area contributed by atoms with Crippen LogP contribution in [-0.2, 0) is 13.1 Å². The normalized spacial score (nSPS) is 17.6. The van der Waals surface area contributed by atoms with Gasteiger partial charge < -0.3 is 4.74 Å². The molecular weight excluding hydrogens is 363 g/mol. The van der Waals surface area contributed by atoms with Gasteiger partial charge in [-0.25, -0.2) is 4.39 Å². The van der Waals surface area contributed by atoms with Gasteiger partial charge in [-0.2, -0.15) is 0 Å². The van der Waals surface area contributed by atoms with E-state index >= 15 is 0 Å². The molecule has 0 aromatic heterocycles. The van der Waals surface area contributed by atoms with Gasteiger partial charge >= 0.3 is 0 Å². The van der Waals surface area contributed by atoms with Crippen molar-refractivity contribution < 1.29 is 9.13 Å². The van der Waals surface area contributed by atoms with Crippen LogP contribution in [0.4, 0.5) is 4.39 Å². The zero-order chi connectivity index (χ0) is 20.2. The van der Waals surface area contributed by atoms with Gasteiger partial charge in [-0.1, -0.05) is 60.7 Å². The summed E-state index contributed by atoms with van der Waals surface area (Å²) in [6.07, 6.45) is 0.0327. The van der Waals surface area contributed by atoms with Gasteiger partial charge in [0.25, 0.3) is 0 Å². The van der Waals surface area contributed by atoms with E-state index < -0.39 is 0 Å².